The number of carbonyl (C=O) groups is 1. The van der Waals surface area contributed by atoms with Crippen LogP contribution in [0, 0.1) is 0 Å². The van der Waals surface area contributed by atoms with E-state index in [0.29, 0.717) is 6.04 Å². The second kappa shape index (κ2) is 6.20. The zero-order valence-corrected chi connectivity index (χ0v) is 12.7. The molecule has 1 atom stereocenters. The molecule has 3 rings (SSSR count). The van der Waals surface area contributed by atoms with Gasteiger partial charge in [0.25, 0.3) is 0 Å². The molecule has 6 heteroatoms. The molecule has 110 valence electrons. The molecule has 1 unspecified atom stereocenters. The number of rotatable bonds is 5. The van der Waals surface area contributed by atoms with E-state index in [1.54, 1.807) is 11.3 Å². The molecular formula is C14H22N4OS. The Morgan fingerprint density at radius 1 is 1.45 bits per heavy atom. The van der Waals surface area contributed by atoms with Gasteiger partial charge in [0.15, 0.2) is 0 Å². The molecule has 1 aromatic heterocycles. The first-order valence-electron chi connectivity index (χ1n) is 7.36. The van der Waals surface area contributed by atoms with E-state index in [-0.39, 0.29) is 11.9 Å². The van der Waals surface area contributed by atoms with Crippen LogP contribution in [-0.4, -0.2) is 59.0 Å². The van der Waals surface area contributed by atoms with Crippen LogP contribution >= 0.6 is 11.3 Å². The highest BCUT2D eigenvalue weighted by atomic mass is 32.1. The van der Waals surface area contributed by atoms with E-state index < -0.39 is 0 Å². The van der Waals surface area contributed by atoms with Crippen LogP contribution in [0.25, 0.3) is 0 Å². The van der Waals surface area contributed by atoms with Gasteiger partial charge in [-0.1, -0.05) is 0 Å². The lowest BCUT2D eigenvalue weighted by atomic mass is 10.2. The minimum absolute atomic E-state index is 0.00276. The Hall–Kier alpha value is -0.980. The maximum Gasteiger partial charge on any atom is 0.237 e. The smallest absolute Gasteiger partial charge is 0.237 e. The highest BCUT2D eigenvalue weighted by Crippen LogP contribution is 2.19. The lowest BCUT2D eigenvalue weighted by Crippen LogP contribution is -2.53. The number of hydrogen-bond donors (Lipinski definition) is 1. The third-order valence-electron chi connectivity index (χ3n) is 4.13. The average molecular weight is 294 g/mol. The first-order chi connectivity index (χ1) is 9.72. The van der Waals surface area contributed by atoms with Crippen molar-refractivity contribution in [2.75, 3.05) is 26.2 Å². The summed E-state index contributed by atoms with van der Waals surface area (Å²) in [5.41, 5.74) is 3.04. The fraction of sp³-hybridized carbons (Fsp3) is 0.714. The molecule has 0 aromatic carbocycles. The van der Waals surface area contributed by atoms with Gasteiger partial charge in [0.1, 0.15) is 0 Å². The number of amides is 1. The van der Waals surface area contributed by atoms with Crippen LogP contribution in [0.5, 0.6) is 0 Å². The van der Waals surface area contributed by atoms with E-state index >= 15 is 0 Å². The number of carbonyl (C=O) groups excluding carboxylic acids is 1. The monoisotopic (exact) mass is 294 g/mol. The number of piperazine rings is 1. The van der Waals surface area contributed by atoms with Crippen molar-refractivity contribution in [1.29, 1.82) is 0 Å². The third-order valence-corrected chi connectivity index (χ3v) is 4.76. The van der Waals surface area contributed by atoms with Gasteiger partial charge in [-0.15, -0.1) is 11.3 Å². The summed E-state index contributed by atoms with van der Waals surface area (Å²) in [5.74, 6) is 0.195. The van der Waals surface area contributed by atoms with Crippen molar-refractivity contribution in [3.8, 4) is 0 Å². The molecule has 0 bridgehead atoms. The van der Waals surface area contributed by atoms with Crippen LogP contribution in [0.1, 0.15) is 25.5 Å². The van der Waals surface area contributed by atoms with Gasteiger partial charge < -0.3 is 5.32 Å². The number of aromatic nitrogens is 1. The van der Waals surface area contributed by atoms with E-state index in [9.17, 15) is 4.79 Å². The summed E-state index contributed by atoms with van der Waals surface area (Å²) in [7, 11) is 0. The van der Waals surface area contributed by atoms with Gasteiger partial charge in [-0.25, -0.2) is 4.98 Å². The average Bonchev–Trinajstić information content (AvgIpc) is 3.12. The van der Waals surface area contributed by atoms with E-state index in [0.717, 1.165) is 51.3 Å². The van der Waals surface area contributed by atoms with E-state index in [4.69, 9.17) is 0 Å². The predicted molar refractivity (Wildman–Crippen MR) is 79.6 cm³/mol. The first kappa shape index (κ1) is 14.0. The van der Waals surface area contributed by atoms with Crippen molar-refractivity contribution in [1.82, 2.24) is 20.1 Å². The number of nitrogens with zero attached hydrogens (tertiary/aromatic N) is 3. The lowest BCUT2D eigenvalue weighted by molar-refractivity contribution is -0.126. The number of thiazole rings is 1. The Morgan fingerprint density at radius 2 is 2.20 bits per heavy atom. The molecule has 1 aromatic rings. The van der Waals surface area contributed by atoms with Crippen LogP contribution in [-0.2, 0) is 11.3 Å². The van der Waals surface area contributed by atoms with Crippen molar-refractivity contribution in [2.24, 2.45) is 0 Å². The lowest BCUT2D eigenvalue weighted by Gasteiger charge is -2.37. The Morgan fingerprint density at radius 3 is 2.80 bits per heavy atom. The number of nitrogens with one attached hydrogen (secondary N) is 1. The maximum absolute atomic E-state index is 12.1. The van der Waals surface area contributed by atoms with Gasteiger partial charge in [0.2, 0.25) is 5.91 Å². The summed E-state index contributed by atoms with van der Waals surface area (Å²) in [4.78, 5) is 21.1. The van der Waals surface area contributed by atoms with Crippen LogP contribution in [0.2, 0.25) is 0 Å². The molecule has 1 saturated carbocycles. The molecule has 2 fully saturated rings. The van der Waals surface area contributed by atoms with Crippen molar-refractivity contribution in [3.63, 3.8) is 0 Å². The van der Waals surface area contributed by atoms with E-state index in [1.165, 1.54) is 0 Å². The van der Waals surface area contributed by atoms with Gasteiger partial charge >= 0.3 is 0 Å². The zero-order valence-electron chi connectivity index (χ0n) is 11.9. The Balaban J connectivity index is 1.44. The molecule has 0 radical (unpaired) electrons. The quantitative estimate of drug-likeness (QED) is 0.877. The van der Waals surface area contributed by atoms with Gasteiger partial charge in [-0.3, -0.25) is 14.6 Å². The first-order valence-corrected chi connectivity index (χ1v) is 8.30. The standard InChI is InChI=1S/C14H22N4OS/c1-11(14(19)16-12-2-3-12)18-6-4-17(5-7-18)8-13-9-20-10-15-13/h9-12H,2-8H2,1H3,(H,16,19). The molecule has 20 heavy (non-hydrogen) atoms. The van der Waals surface area contributed by atoms with Crippen molar-refractivity contribution in [2.45, 2.75) is 38.4 Å². The highest BCUT2D eigenvalue weighted by Gasteiger charge is 2.29. The molecule has 2 aliphatic rings. The maximum atomic E-state index is 12.1. The fourth-order valence-electron chi connectivity index (χ4n) is 2.57. The van der Waals surface area contributed by atoms with E-state index in [1.807, 2.05) is 12.4 Å². The number of hydrogen-bond acceptors (Lipinski definition) is 5. The third kappa shape index (κ3) is 3.56. The van der Waals surface area contributed by atoms with Crippen molar-refractivity contribution < 1.29 is 4.79 Å². The summed E-state index contributed by atoms with van der Waals surface area (Å²) in [6.07, 6.45) is 2.31. The molecule has 1 aliphatic heterocycles. The Bertz CT molecular complexity index is 438. The van der Waals surface area contributed by atoms with Gasteiger partial charge in [-0.2, -0.15) is 0 Å². The van der Waals surface area contributed by atoms with E-state index in [2.05, 4.69) is 25.5 Å². The summed E-state index contributed by atoms with van der Waals surface area (Å²) in [5, 5.41) is 5.20. The summed E-state index contributed by atoms with van der Waals surface area (Å²) < 4.78 is 0. The summed E-state index contributed by atoms with van der Waals surface area (Å²) in [6.45, 7) is 6.90. The molecule has 2 heterocycles. The second-order valence-corrected chi connectivity index (χ2v) is 6.47. The molecule has 5 nitrogen and oxygen atoms in total. The molecular weight excluding hydrogens is 272 g/mol. The summed E-state index contributed by atoms with van der Waals surface area (Å²) >= 11 is 1.65. The SMILES string of the molecule is CC(C(=O)NC1CC1)N1CCN(Cc2cscn2)CC1. The zero-order chi connectivity index (χ0) is 13.9. The largest absolute Gasteiger partial charge is 0.352 e. The molecule has 1 saturated heterocycles. The molecule has 1 aliphatic carbocycles. The van der Waals surface area contributed by atoms with Gasteiger partial charge in [0, 0.05) is 44.1 Å². The molecule has 1 N–H and O–H groups in total. The van der Waals surface area contributed by atoms with Crippen LogP contribution in [0.4, 0.5) is 0 Å². The van der Waals surface area contributed by atoms with Crippen LogP contribution < -0.4 is 5.32 Å². The van der Waals surface area contributed by atoms with Crippen molar-refractivity contribution >= 4 is 17.2 Å². The van der Waals surface area contributed by atoms with Crippen molar-refractivity contribution in [3.05, 3.63) is 16.6 Å². The predicted octanol–water partition coefficient (Wildman–Crippen LogP) is 0.928. The Kier molecular flexibility index (Phi) is 4.33. The topological polar surface area (TPSA) is 48.5 Å². The van der Waals surface area contributed by atoms with Crippen LogP contribution in [0.3, 0.4) is 0 Å². The minimum atomic E-state index is -0.00276. The van der Waals surface area contributed by atoms with Gasteiger partial charge in [-0.05, 0) is 19.8 Å². The second-order valence-electron chi connectivity index (χ2n) is 5.75. The molecule has 0 spiro atoms. The normalized spacial score (nSPS) is 22.6. The van der Waals surface area contributed by atoms with Gasteiger partial charge in [0.05, 0.1) is 17.2 Å². The highest BCUT2D eigenvalue weighted by molar-refractivity contribution is 7.07. The summed E-state index contributed by atoms with van der Waals surface area (Å²) in [6, 6.07) is 0.452. The fourth-order valence-corrected chi connectivity index (χ4v) is 3.12. The Labute approximate surface area is 124 Å². The van der Waals surface area contributed by atoms with Crippen LogP contribution in [0.15, 0.2) is 10.9 Å². The minimum Gasteiger partial charge on any atom is -0.352 e. The molecule has 1 amide bonds.